The van der Waals surface area contributed by atoms with Gasteiger partial charge in [0.15, 0.2) is 0 Å². The van der Waals surface area contributed by atoms with Crippen LogP contribution in [-0.2, 0) is 4.79 Å². The van der Waals surface area contributed by atoms with Crippen molar-refractivity contribution in [2.45, 2.75) is 44.8 Å². The molecule has 1 saturated carbocycles. The SMILES string of the molecule is CC(C)[C@H](O)C(=O)NC1CC(F)(F)C1. The largest absolute Gasteiger partial charge is 0.383 e. The van der Waals surface area contributed by atoms with E-state index in [-0.39, 0.29) is 18.8 Å². The number of nitrogens with one attached hydrogen (secondary N) is 1. The fraction of sp³-hybridized carbons (Fsp3) is 0.889. The third-order valence-corrected chi connectivity index (χ3v) is 2.34. The number of hydrogen-bond acceptors (Lipinski definition) is 2. The number of carbonyl (C=O) groups excluding carboxylic acids is 1. The molecule has 0 bridgehead atoms. The zero-order valence-electron chi connectivity index (χ0n) is 8.26. The molecular formula is C9H15F2NO2. The Kier molecular flexibility index (Phi) is 3.09. The highest BCUT2D eigenvalue weighted by atomic mass is 19.3. The lowest BCUT2D eigenvalue weighted by atomic mass is 9.88. The molecule has 1 aliphatic carbocycles. The first-order chi connectivity index (χ1) is 6.32. The second-order valence-corrected chi connectivity index (χ2v) is 4.16. The van der Waals surface area contributed by atoms with Crippen LogP contribution in [0.15, 0.2) is 0 Å². The van der Waals surface area contributed by atoms with Crippen LogP contribution in [0.2, 0.25) is 0 Å². The number of alkyl halides is 2. The molecule has 1 amide bonds. The van der Waals surface area contributed by atoms with Crippen molar-refractivity contribution in [3.63, 3.8) is 0 Å². The molecule has 3 nitrogen and oxygen atoms in total. The van der Waals surface area contributed by atoms with E-state index in [0.29, 0.717) is 0 Å². The second kappa shape index (κ2) is 3.81. The van der Waals surface area contributed by atoms with Gasteiger partial charge in [0, 0.05) is 18.9 Å². The minimum atomic E-state index is -2.64. The molecule has 1 atom stereocenters. The monoisotopic (exact) mass is 207 g/mol. The molecule has 0 saturated heterocycles. The van der Waals surface area contributed by atoms with Crippen LogP contribution in [0.3, 0.4) is 0 Å². The van der Waals surface area contributed by atoms with E-state index in [0.717, 1.165) is 0 Å². The van der Waals surface area contributed by atoms with Crippen LogP contribution in [0.4, 0.5) is 8.78 Å². The molecule has 0 aliphatic heterocycles. The summed E-state index contributed by atoms with van der Waals surface area (Å²) in [5.41, 5.74) is 0. The summed E-state index contributed by atoms with van der Waals surface area (Å²) in [5.74, 6) is -3.39. The van der Waals surface area contributed by atoms with E-state index < -0.39 is 24.0 Å². The van der Waals surface area contributed by atoms with Crippen molar-refractivity contribution in [1.29, 1.82) is 0 Å². The molecule has 0 unspecified atom stereocenters. The van der Waals surface area contributed by atoms with E-state index in [4.69, 9.17) is 0 Å². The van der Waals surface area contributed by atoms with Gasteiger partial charge >= 0.3 is 0 Å². The molecule has 0 spiro atoms. The molecule has 5 heteroatoms. The molecule has 82 valence electrons. The number of rotatable bonds is 3. The molecular weight excluding hydrogens is 192 g/mol. The van der Waals surface area contributed by atoms with Crippen LogP contribution in [0.1, 0.15) is 26.7 Å². The lowest BCUT2D eigenvalue weighted by Gasteiger charge is -2.35. The molecule has 0 aromatic heterocycles. The minimum Gasteiger partial charge on any atom is -0.383 e. The van der Waals surface area contributed by atoms with Gasteiger partial charge < -0.3 is 10.4 Å². The van der Waals surface area contributed by atoms with Crippen LogP contribution in [0.5, 0.6) is 0 Å². The maximum atomic E-state index is 12.4. The average Bonchev–Trinajstić information content (AvgIpc) is 1.99. The van der Waals surface area contributed by atoms with Gasteiger partial charge in [-0.2, -0.15) is 0 Å². The third kappa shape index (κ3) is 2.64. The summed E-state index contributed by atoms with van der Waals surface area (Å²) in [6, 6.07) is -0.481. The van der Waals surface area contributed by atoms with Crippen LogP contribution >= 0.6 is 0 Å². The molecule has 1 fully saturated rings. The highest BCUT2D eigenvalue weighted by Crippen LogP contribution is 2.37. The summed E-state index contributed by atoms with van der Waals surface area (Å²) in [6.07, 6.45) is -1.74. The molecule has 0 aromatic carbocycles. The van der Waals surface area contributed by atoms with E-state index >= 15 is 0 Å². The van der Waals surface area contributed by atoms with E-state index in [2.05, 4.69) is 5.32 Å². The molecule has 0 aromatic rings. The van der Waals surface area contributed by atoms with Crippen LogP contribution in [0.25, 0.3) is 0 Å². The lowest BCUT2D eigenvalue weighted by molar-refractivity contribution is -0.138. The summed E-state index contributed by atoms with van der Waals surface area (Å²) in [6.45, 7) is 3.39. The molecule has 0 heterocycles. The highest BCUT2D eigenvalue weighted by molar-refractivity contribution is 5.81. The van der Waals surface area contributed by atoms with Crippen LogP contribution in [0, 0.1) is 5.92 Å². The van der Waals surface area contributed by atoms with Gasteiger partial charge in [-0.3, -0.25) is 4.79 Å². The number of amides is 1. The van der Waals surface area contributed by atoms with Crippen LogP contribution < -0.4 is 5.32 Å². The second-order valence-electron chi connectivity index (χ2n) is 4.16. The Morgan fingerprint density at radius 3 is 2.36 bits per heavy atom. The Morgan fingerprint density at radius 1 is 1.50 bits per heavy atom. The van der Waals surface area contributed by atoms with E-state index in [9.17, 15) is 18.7 Å². The Morgan fingerprint density at radius 2 is 2.00 bits per heavy atom. The van der Waals surface area contributed by atoms with Crippen LogP contribution in [-0.4, -0.2) is 29.1 Å². The molecule has 14 heavy (non-hydrogen) atoms. The van der Waals surface area contributed by atoms with Gasteiger partial charge in [0.2, 0.25) is 5.91 Å². The zero-order chi connectivity index (χ0) is 10.9. The summed E-state index contributed by atoms with van der Waals surface area (Å²) in [5, 5.41) is 11.7. The van der Waals surface area contributed by atoms with Crippen molar-refractivity contribution in [1.82, 2.24) is 5.32 Å². The third-order valence-electron chi connectivity index (χ3n) is 2.34. The van der Waals surface area contributed by atoms with Crippen molar-refractivity contribution >= 4 is 5.91 Å². The maximum Gasteiger partial charge on any atom is 0.252 e. The first-order valence-corrected chi connectivity index (χ1v) is 4.68. The van der Waals surface area contributed by atoms with Crippen molar-refractivity contribution in [3.8, 4) is 0 Å². The number of aliphatic hydroxyl groups is 1. The first kappa shape index (κ1) is 11.4. The van der Waals surface area contributed by atoms with Crippen molar-refractivity contribution in [3.05, 3.63) is 0 Å². The fourth-order valence-corrected chi connectivity index (χ4v) is 1.35. The predicted molar refractivity (Wildman–Crippen MR) is 47.0 cm³/mol. The lowest BCUT2D eigenvalue weighted by Crippen LogP contribution is -2.53. The van der Waals surface area contributed by atoms with Gasteiger partial charge in [-0.15, -0.1) is 0 Å². The zero-order valence-corrected chi connectivity index (χ0v) is 8.26. The minimum absolute atomic E-state index is 0.199. The Bertz CT molecular complexity index is 223. The van der Waals surface area contributed by atoms with Gasteiger partial charge in [0.1, 0.15) is 6.10 Å². The van der Waals surface area contributed by atoms with Gasteiger partial charge in [0.25, 0.3) is 5.92 Å². The standard InChI is InChI=1S/C9H15F2NO2/c1-5(2)7(13)8(14)12-6-3-9(10,11)4-6/h5-7,13H,3-4H2,1-2H3,(H,12,14)/t7-/m0/s1. The number of halogens is 2. The van der Waals surface area contributed by atoms with E-state index in [1.54, 1.807) is 13.8 Å². The number of aliphatic hydroxyl groups excluding tert-OH is 1. The highest BCUT2D eigenvalue weighted by Gasteiger charge is 2.46. The van der Waals surface area contributed by atoms with E-state index in [1.165, 1.54) is 0 Å². The Hall–Kier alpha value is -0.710. The van der Waals surface area contributed by atoms with Crippen molar-refractivity contribution in [2.75, 3.05) is 0 Å². The Labute approximate surface area is 81.5 Å². The van der Waals surface area contributed by atoms with Crippen molar-refractivity contribution < 1.29 is 18.7 Å². The quantitative estimate of drug-likeness (QED) is 0.723. The average molecular weight is 207 g/mol. The smallest absolute Gasteiger partial charge is 0.252 e. The summed E-state index contributed by atoms with van der Waals surface area (Å²) in [7, 11) is 0. The fourth-order valence-electron chi connectivity index (χ4n) is 1.35. The van der Waals surface area contributed by atoms with Gasteiger partial charge in [0.05, 0.1) is 0 Å². The predicted octanol–water partition coefficient (Wildman–Crippen LogP) is 0.917. The summed E-state index contributed by atoms with van der Waals surface area (Å²) < 4.78 is 24.8. The topological polar surface area (TPSA) is 49.3 Å². The molecule has 1 aliphatic rings. The molecule has 2 N–H and O–H groups in total. The van der Waals surface area contributed by atoms with Gasteiger partial charge in [-0.1, -0.05) is 13.8 Å². The van der Waals surface area contributed by atoms with E-state index in [1.807, 2.05) is 0 Å². The first-order valence-electron chi connectivity index (χ1n) is 4.68. The number of hydrogen-bond donors (Lipinski definition) is 2. The van der Waals surface area contributed by atoms with Gasteiger partial charge in [-0.05, 0) is 5.92 Å². The number of carbonyl (C=O) groups is 1. The molecule has 0 radical (unpaired) electrons. The maximum absolute atomic E-state index is 12.4. The van der Waals surface area contributed by atoms with Gasteiger partial charge in [-0.25, -0.2) is 8.78 Å². The molecule has 1 rings (SSSR count). The normalized spacial score (nSPS) is 23.0. The summed E-state index contributed by atoms with van der Waals surface area (Å²) in [4.78, 5) is 11.2. The Balaban J connectivity index is 2.29. The van der Waals surface area contributed by atoms with Crippen molar-refractivity contribution in [2.24, 2.45) is 5.92 Å². The summed E-state index contributed by atoms with van der Waals surface area (Å²) >= 11 is 0.